The molecule has 1 unspecified atom stereocenters. The first-order valence-corrected chi connectivity index (χ1v) is 5.24. The van der Waals surface area contributed by atoms with Crippen LogP contribution in [-0.2, 0) is 6.42 Å². The Kier molecular flexibility index (Phi) is 2.96. The molecule has 5 heteroatoms. The zero-order valence-electron chi connectivity index (χ0n) is 9.46. The summed E-state index contributed by atoms with van der Waals surface area (Å²) in [7, 11) is 0. The highest BCUT2D eigenvalue weighted by molar-refractivity contribution is 5.15. The molecule has 84 valence electrons. The van der Waals surface area contributed by atoms with Crippen LogP contribution in [0.3, 0.4) is 0 Å². The maximum absolute atomic E-state index is 5.70. The third-order valence-corrected chi connectivity index (χ3v) is 2.18. The zero-order chi connectivity index (χ0) is 11.5. The smallest absolute Gasteiger partial charge is 0.250 e. The minimum Gasteiger partial charge on any atom is -0.328 e. The first-order valence-electron chi connectivity index (χ1n) is 5.24. The van der Waals surface area contributed by atoms with E-state index in [9.17, 15) is 0 Å². The van der Waals surface area contributed by atoms with Crippen molar-refractivity contribution in [2.45, 2.75) is 26.3 Å². The Labute approximate surface area is 94.3 Å². The highest BCUT2D eigenvalue weighted by atomic mass is 15.3. The topological polar surface area (TPSA) is 69.6 Å². The second-order valence-electron chi connectivity index (χ2n) is 3.97. The minimum atomic E-state index is 0.126. The van der Waals surface area contributed by atoms with Gasteiger partial charge in [0, 0.05) is 24.6 Å². The van der Waals surface area contributed by atoms with Gasteiger partial charge in [0.25, 0.3) is 0 Å². The van der Waals surface area contributed by atoms with Gasteiger partial charge in [0.05, 0.1) is 5.69 Å². The first-order chi connectivity index (χ1) is 7.65. The average molecular weight is 217 g/mol. The van der Waals surface area contributed by atoms with Crippen molar-refractivity contribution in [3.8, 4) is 5.95 Å². The molecule has 0 bridgehead atoms. The van der Waals surface area contributed by atoms with Gasteiger partial charge in [0.15, 0.2) is 0 Å². The first kappa shape index (κ1) is 10.8. The van der Waals surface area contributed by atoms with E-state index in [0.717, 1.165) is 17.7 Å². The summed E-state index contributed by atoms with van der Waals surface area (Å²) in [5.41, 5.74) is 7.70. The molecule has 0 aromatic carbocycles. The number of nitrogens with zero attached hydrogens (tertiary/aromatic N) is 4. The summed E-state index contributed by atoms with van der Waals surface area (Å²) in [6.07, 6.45) is 6.22. The standard InChI is InChI=1S/C11H15N5/c1-8(12)5-10-6-13-11(14-7-10)16-4-3-9(2)15-16/h3-4,6-8H,5,12H2,1-2H3. The molecule has 2 N–H and O–H groups in total. The third-order valence-electron chi connectivity index (χ3n) is 2.18. The van der Waals surface area contributed by atoms with E-state index in [1.165, 1.54) is 0 Å². The van der Waals surface area contributed by atoms with Crippen molar-refractivity contribution < 1.29 is 0 Å². The van der Waals surface area contributed by atoms with E-state index >= 15 is 0 Å². The number of aryl methyl sites for hydroxylation is 1. The molecule has 2 aromatic heterocycles. The summed E-state index contributed by atoms with van der Waals surface area (Å²) in [6, 6.07) is 2.04. The maximum Gasteiger partial charge on any atom is 0.250 e. The van der Waals surface area contributed by atoms with Gasteiger partial charge in [0.1, 0.15) is 0 Å². The fourth-order valence-corrected chi connectivity index (χ4v) is 1.47. The fraction of sp³-hybridized carbons (Fsp3) is 0.364. The Bertz CT molecular complexity index is 457. The van der Waals surface area contributed by atoms with Gasteiger partial charge in [-0.25, -0.2) is 14.6 Å². The SMILES string of the molecule is Cc1ccn(-c2ncc(CC(C)N)cn2)n1. The van der Waals surface area contributed by atoms with Crippen LogP contribution in [0, 0.1) is 6.92 Å². The molecule has 0 aliphatic heterocycles. The van der Waals surface area contributed by atoms with Crippen LogP contribution in [0.15, 0.2) is 24.7 Å². The highest BCUT2D eigenvalue weighted by Crippen LogP contribution is 2.03. The van der Waals surface area contributed by atoms with Crippen molar-refractivity contribution in [1.82, 2.24) is 19.7 Å². The van der Waals surface area contributed by atoms with Crippen molar-refractivity contribution in [1.29, 1.82) is 0 Å². The van der Waals surface area contributed by atoms with Gasteiger partial charge in [-0.1, -0.05) is 0 Å². The van der Waals surface area contributed by atoms with Crippen LogP contribution >= 0.6 is 0 Å². The van der Waals surface area contributed by atoms with Gasteiger partial charge in [-0.15, -0.1) is 0 Å². The van der Waals surface area contributed by atoms with E-state index in [1.807, 2.05) is 26.1 Å². The van der Waals surface area contributed by atoms with E-state index in [2.05, 4.69) is 15.1 Å². The number of nitrogens with two attached hydrogens (primary N) is 1. The van der Waals surface area contributed by atoms with Gasteiger partial charge >= 0.3 is 0 Å². The number of hydrogen-bond donors (Lipinski definition) is 1. The molecule has 0 amide bonds. The predicted octanol–water partition coefficient (Wildman–Crippen LogP) is 0.860. The molecule has 0 saturated carbocycles. The van der Waals surface area contributed by atoms with Crippen LogP contribution in [0.25, 0.3) is 5.95 Å². The summed E-state index contributed by atoms with van der Waals surface area (Å²) in [6.45, 7) is 3.89. The van der Waals surface area contributed by atoms with Gasteiger partial charge in [-0.05, 0) is 31.9 Å². The lowest BCUT2D eigenvalue weighted by atomic mass is 10.1. The lowest BCUT2D eigenvalue weighted by Crippen LogP contribution is -2.18. The van der Waals surface area contributed by atoms with Crippen LogP contribution < -0.4 is 5.73 Å². The normalized spacial score (nSPS) is 12.7. The Morgan fingerprint density at radius 3 is 2.56 bits per heavy atom. The quantitative estimate of drug-likeness (QED) is 0.827. The second kappa shape index (κ2) is 4.40. The summed E-state index contributed by atoms with van der Waals surface area (Å²) >= 11 is 0. The van der Waals surface area contributed by atoms with Gasteiger partial charge in [-0.3, -0.25) is 0 Å². The summed E-state index contributed by atoms with van der Waals surface area (Å²) in [5.74, 6) is 0.585. The van der Waals surface area contributed by atoms with Crippen molar-refractivity contribution in [2.24, 2.45) is 5.73 Å². The molecule has 1 atom stereocenters. The monoisotopic (exact) mass is 217 g/mol. The van der Waals surface area contributed by atoms with Crippen molar-refractivity contribution in [2.75, 3.05) is 0 Å². The van der Waals surface area contributed by atoms with E-state index in [1.54, 1.807) is 17.1 Å². The molecule has 16 heavy (non-hydrogen) atoms. The van der Waals surface area contributed by atoms with E-state index in [-0.39, 0.29) is 6.04 Å². The maximum atomic E-state index is 5.70. The molecule has 0 spiro atoms. The lowest BCUT2D eigenvalue weighted by Gasteiger charge is -2.04. The molecule has 0 radical (unpaired) electrons. The summed E-state index contributed by atoms with van der Waals surface area (Å²) in [5, 5.41) is 4.24. The van der Waals surface area contributed by atoms with Crippen molar-refractivity contribution >= 4 is 0 Å². The van der Waals surface area contributed by atoms with E-state index in [0.29, 0.717) is 5.95 Å². The van der Waals surface area contributed by atoms with Crippen LogP contribution in [-0.4, -0.2) is 25.8 Å². The molecule has 0 aliphatic rings. The molecule has 0 saturated heterocycles. The Balaban J connectivity index is 2.19. The second-order valence-corrected chi connectivity index (χ2v) is 3.97. The summed E-state index contributed by atoms with van der Waals surface area (Å²) < 4.78 is 1.66. The van der Waals surface area contributed by atoms with E-state index in [4.69, 9.17) is 5.73 Å². The van der Waals surface area contributed by atoms with E-state index < -0.39 is 0 Å². The Morgan fingerprint density at radius 2 is 2.06 bits per heavy atom. The van der Waals surface area contributed by atoms with Crippen LogP contribution in [0.1, 0.15) is 18.2 Å². The van der Waals surface area contributed by atoms with Crippen LogP contribution in [0.4, 0.5) is 0 Å². The van der Waals surface area contributed by atoms with Crippen LogP contribution in [0.5, 0.6) is 0 Å². The molecule has 0 aliphatic carbocycles. The largest absolute Gasteiger partial charge is 0.328 e. The number of aromatic nitrogens is 4. The van der Waals surface area contributed by atoms with Gasteiger partial charge < -0.3 is 5.73 Å². The summed E-state index contributed by atoms with van der Waals surface area (Å²) in [4.78, 5) is 8.50. The third kappa shape index (κ3) is 2.43. The number of rotatable bonds is 3. The number of hydrogen-bond acceptors (Lipinski definition) is 4. The molecular formula is C11H15N5. The fourth-order valence-electron chi connectivity index (χ4n) is 1.47. The molecular weight excluding hydrogens is 202 g/mol. The predicted molar refractivity (Wildman–Crippen MR) is 61.2 cm³/mol. The average Bonchev–Trinajstić information content (AvgIpc) is 2.65. The van der Waals surface area contributed by atoms with Crippen molar-refractivity contribution in [3.05, 3.63) is 35.9 Å². The zero-order valence-corrected chi connectivity index (χ0v) is 9.46. The highest BCUT2D eigenvalue weighted by Gasteiger charge is 2.03. The lowest BCUT2D eigenvalue weighted by molar-refractivity contribution is 0.725. The van der Waals surface area contributed by atoms with Gasteiger partial charge in [-0.2, -0.15) is 5.10 Å². The molecule has 2 aromatic rings. The molecule has 0 fully saturated rings. The van der Waals surface area contributed by atoms with Gasteiger partial charge in [0.2, 0.25) is 5.95 Å². The van der Waals surface area contributed by atoms with Crippen molar-refractivity contribution in [3.63, 3.8) is 0 Å². The molecule has 2 heterocycles. The molecule has 2 rings (SSSR count). The van der Waals surface area contributed by atoms with Crippen LogP contribution in [0.2, 0.25) is 0 Å². The Hall–Kier alpha value is -1.75. The molecule has 5 nitrogen and oxygen atoms in total. The minimum absolute atomic E-state index is 0.126. The Morgan fingerprint density at radius 1 is 1.38 bits per heavy atom.